The Morgan fingerprint density at radius 1 is 1.00 bits per heavy atom. The predicted octanol–water partition coefficient (Wildman–Crippen LogP) is 4.85. The highest BCUT2D eigenvalue weighted by atomic mass is 35.5. The molecule has 0 saturated carbocycles. The Balaban J connectivity index is 1.81. The lowest BCUT2D eigenvalue weighted by atomic mass is 10.1. The van der Waals surface area contributed by atoms with Crippen molar-refractivity contribution in [2.24, 2.45) is 0 Å². The highest BCUT2D eigenvalue weighted by molar-refractivity contribution is 6.39. The third-order valence-corrected chi connectivity index (χ3v) is 5.00. The van der Waals surface area contributed by atoms with Gasteiger partial charge in [-0.2, -0.15) is 0 Å². The van der Waals surface area contributed by atoms with Crippen molar-refractivity contribution in [3.8, 4) is 0 Å². The van der Waals surface area contributed by atoms with E-state index < -0.39 is 29.6 Å². The van der Waals surface area contributed by atoms with E-state index in [2.05, 4.69) is 16.0 Å². The van der Waals surface area contributed by atoms with E-state index in [-0.39, 0.29) is 19.6 Å². The second kappa shape index (κ2) is 12.5. The minimum atomic E-state index is -0.805. The Labute approximate surface area is 209 Å². The van der Waals surface area contributed by atoms with Crippen LogP contribution in [0.4, 0.5) is 16.2 Å². The van der Waals surface area contributed by atoms with Gasteiger partial charge in [0.2, 0.25) is 5.91 Å². The summed E-state index contributed by atoms with van der Waals surface area (Å²) in [4.78, 5) is 36.2. The zero-order chi connectivity index (χ0) is 25.3. The van der Waals surface area contributed by atoms with Crippen LogP contribution in [0.3, 0.4) is 0 Å². The molecule has 2 rings (SSSR count). The Hall–Kier alpha value is -2.97. The number of ether oxygens (including phenoxy) is 2. The Morgan fingerprint density at radius 2 is 1.65 bits per heavy atom. The summed E-state index contributed by atoms with van der Waals surface area (Å²) in [7, 11) is 0. The standard InChI is InChI=1S/C24H29Cl2N3O5/c1-15(28-23(32)34-24(2,3)4)22(31)27-12-13-33-20(30)14-16-8-5-6-11-19(16)29-21-17(25)9-7-10-18(21)26/h5-11,15,29H,12-14H2,1-4H3,(H,27,31)(H,28,32)/t15-/m0/s1. The molecule has 2 aromatic carbocycles. The number of esters is 1. The van der Waals surface area contributed by atoms with E-state index in [9.17, 15) is 14.4 Å². The molecule has 0 bridgehead atoms. The van der Waals surface area contributed by atoms with Gasteiger partial charge < -0.3 is 25.4 Å². The smallest absolute Gasteiger partial charge is 0.408 e. The molecular weight excluding hydrogens is 481 g/mol. The third kappa shape index (κ3) is 9.11. The number of carbonyl (C=O) groups excluding carboxylic acids is 3. The van der Waals surface area contributed by atoms with Gasteiger partial charge in [0, 0.05) is 5.69 Å². The molecule has 0 saturated heterocycles. The quantitative estimate of drug-likeness (QED) is 0.329. The maximum Gasteiger partial charge on any atom is 0.408 e. The van der Waals surface area contributed by atoms with E-state index in [1.54, 1.807) is 51.1 Å². The van der Waals surface area contributed by atoms with Crippen LogP contribution in [0.1, 0.15) is 33.3 Å². The van der Waals surface area contributed by atoms with Crippen LogP contribution in [0.25, 0.3) is 0 Å². The van der Waals surface area contributed by atoms with Crippen LogP contribution < -0.4 is 16.0 Å². The molecule has 0 aliphatic heterocycles. The van der Waals surface area contributed by atoms with E-state index in [0.717, 1.165) is 0 Å². The molecular formula is C24H29Cl2N3O5. The molecule has 8 nitrogen and oxygen atoms in total. The molecule has 0 aromatic heterocycles. The Kier molecular flexibility index (Phi) is 10.0. The molecule has 0 aliphatic rings. The molecule has 10 heteroatoms. The lowest BCUT2D eigenvalue weighted by Crippen LogP contribution is -2.47. The minimum absolute atomic E-state index is 0.00972. The van der Waals surface area contributed by atoms with Crippen molar-refractivity contribution in [2.45, 2.75) is 45.8 Å². The van der Waals surface area contributed by atoms with Crippen molar-refractivity contribution in [1.82, 2.24) is 10.6 Å². The zero-order valence-corrected chi connectivity index (χ0v) is 21.0. The summed E-state index contributed by atoms with van der Waals surface area (Å²) in [5.41, 5.74) is 1.25. The van der Waals surface area contributed by atoms with Crippen LogP contribution >= 0.6 is 23.2 Å². The molecule has 0 fully saturated rings. The SMILES string of the molecule is C[C@H](NC(=O)OC(C)(C)C)C(=O)NCCOC(=O)Cc1ccccc1Nc1c(Cl)cccc1Cl. The van der Waals surface area contributed by atoms with Gasteiger partial charge in [0.15, 0.2) is 0 Å². The predicted molar refractivity (Wildman–Crippen MR) is 133 cm³/mol. The van der Waals surface area contributed by atoms with Gasteiger partial charge in [-0.25, -0.2) is 4.79 Å². The van der Waals surface area contributed by atoms with Crippen LogP contribution in [-0.4, -0.2) is 42.8 Å². The van der Waals surface area contributed by atoms with Crippen LogP contribution in [0, 0.1) is 0 Å². The number of nitrogens with one attached hydrogen (secondary N) is 3. The second-order valence-electron chi connectivity index (χ2n) is 8.43. The number of hydrogen-bond acceptors (Lipinski definition) is 6. The number of halogens is 2. The van der Waals surface area contributed by atoms with E-state index in [1.807, 2.05) is 12.1 Å². The number of amides is 2. The number of para-hydroxylation sites is 2. The average molecular weight is 510 g/mol. The summed E-state index contributed by atoms with van der Waals surface area (Å²) >= 11 is 12.4. The molecule has 34 heavy (non-hydrogen) atoms. The van der Waals surface area contributed by atoms with Crippen LogP contribution in [0.5, 0.6) is 0 Å². The number of carbonyl (C=O) groups is 3. The van der Waals surface area contributed by atoms with Gasteiger partial charge in [0.05, 0.1) is 28.7 Å². The molecule has 2 aromatic rings. The first kappa shape index (κ1) is 27.3. The molecule has 0 spiro atoms. The summed E-state index contributed by atoms with van der Waals surface area (Å²) in [6.07, 6.45) is -0.678. The van der Waals surface area contributed by atoms with Crippen LogP contribution in [0.15, 0.2) is 42.5 Å². The first-order chi connectivity index (χ1) is 16.0. The summed E-state index contributed by atoms with van der Waals surface area (Å²) in [5, 5.41) is 9.12. The number of rotatable bonds is 9. The fraction of sp³-hybridized carbons (Fsp3) is 0.375. The topological polar surface area (TPSA) is 106 Å². The lowest BCUT2D eigenvalue weighted by molar-refractivity contribution is -0.143. The monoisotopic (exact) mass is 509 g/mol. The fourth-order valence-electron chi connectivity index (χ4n) is 2.80. The zero-order valence-electron chi connectivity index (χ0n) is 19.5. The number of alkyl carbamates (subject to hydrolysis) is 1. The molecule has 3 N–H and O–H groups in total. The van der Waals surface area contributed by atoms with Gasteiger partial charge in [0.1, 0.15) is 18.2 Å². The maximum atomic E-state index is 12.3. The molecule has 0 unspecified atom stereocenters. The van der Waals surface area contributed by atoms with E-state index in [1.165, 1.54) is 6.92 Å². The Morgan fingerprint density at radius 3 is 2.29 bits per heavy atom. The second-order valence-corrected chi connectivity index (χ2v) is 9.25. The molecule has 184 valence electrons. The van der Waals surface area contributed by atoms with Crippen molar-refractivity contribution >= 4 is 52.5 Å². The number of hydrogen-bond donors (Lipinski definition) is 3. The Bertz CT molecular complexity index is 1000. The molecule has 2 amide bonds. The molecule has 0 radical (unpaired) electrons. The van der Waals surface area contributed by atoms with Gasteiger partial charge >= 0.3 is 12.1 Å². The van der Waals surface area contributed by atoms with E-state index in [0.29, 0.717) is 27.0 Å². The first-order valence-corrected chi connectivity index (χ1v) is 11.4. The van der Waals surface area contributed by atoms with Crippen molar-refractivity contribution in [1.29, 1.82) is 0 Å². The number of benzene rings is 2. The average Bonchev–Trinajstić information content (AvgIpc) is 2.73. The maximum absolute atomic E-state index is 12.3. The minimum Gasteiger partial charge on any atom is -0.464 e. The first-order valence-electron chi connectivity index (χ1n) is 10.7. The van der Waals surface area contributed by atoms with Gasteiger partial charge in [0.25, 0.3) is 0 Å². The lowest BCUT2D eigenvalue weighted by Gasteiger charge is -2.21. The van der Waals surface area contributed by atoms with Gasteiger partial charge in [-0.05, 0) is 51.5 Å². The summed E-state index contributed by atoms with van der Waals surface area (Å²) in [6, 6.07) is 11.6. The summed E-state index contributed by atoms with van der Waals surface area (Å²) < 4.78 is 10.3. The normalized spacial score (nSPS) is 11.8. The molecule has 1 atom stereocenters. The highest BCUT2D eigenvalue weighted by Gasteiger charge is 2.21. The third-order valence-electron chi connectivity index (χ3n) is 4.37. The van der Waals surface area contributed by atoms with Crippen LogP contribution in [-0.2, 0) is 25.5 Å². The summed E-state index contributed by atoms with van der Waals surface area (Å²) in [5.74, 6) is -0.887. The molecule has 0 aliphatic carbocycles. The largest absolute Gasteiger partial charge is 0.464 e. The van der Waals surface area contributed by atoms with Crippen molar-refractivity contribution in [3.05, 3.63) is 58.1 Å². The van der Waals surface area contributed by atoms with E-state index >= 15 is 0 Å². The number of anilines is 2. The van der Waals surface area contributed by atoms with Crippen LogP contribution in [0.2, 0.25) is 10.0 Å². The molecule has 0 heterocycles. The van der Waals surface area contributed by atoms with E-state index in [4.69, 9.17) is 32.7 Å². The van der Waals surface area contributed by atoms with Gasteiger partial charge in [-0.3, -0.25) is 9.59 Å². The van der Waals surface area contributed by atoms with Crippen molar-refractivity contribution < 1.29 is 23.9 Å². The summed E-state index contributed by atoms with van der Waals surface area (Å²) in [6.45, 7) is 6.79. The highest BCUT2D eigenvalue weighted by Crippen LogP contribution is 2.33. The van der Waals surface area contributed by atoms with Crippen molar-refractivity contribution in [2.75, 3.05) is 18.5 Å². The van der Waals surface area contributed by atoms with Gasteiger partial charge in [-0.15, -0.1) is 0 Å². The fourth-order valence-corrected chi connectivity index (χ4v) is 3.29. The van der Waals surface area contributed by atoms with Crippen molar-refractivity contribution in [3.63, 3.8) is 0 Å². The van der Waals surface area contributed by atoms with Gasteiger partial charge in [-0.1, -0.05) is 47.5 Å².